The predicted octanol–water partition coefficient (Wildman–Crippen LogP) is 8.51. The van der Waals surface area contributed by atoms with Crippen molar-refractivity contribution < 1.29 is 28.2 Å². The fourth-order valence-electron chi connectivity index (χ4n) is 8.19. The van der Waals surface area contributed by atoms with Crippen LogP contribution in [0.5, 0.6) is 5.75 Å². The molecule has 12 heteroatoms. The van der Waals surface area contributed by atoms with E-state index in [-0.39, 0.29) is 48.7 Å². The summed E-state index contributed by atoms with van der Waals surface area (Å²) in [4.78, 5) is 34.8. The molecule has 5 aromatic rings. The van der Waals surface area contributed by atoms with Gasteiger partial charge in [-0.05, 0) is 92.5 Å². The number of nitrogens with zero attached hydrogens (tertiary/aromatic N) is 5. The molecule has 282 valence electrons. The monoisotopic (exact) mass is 751 g/mol. The van der Waals surface area contributed by atoms with Gasteiger partial charge in [0.15, 0.2) is 12.6 Å². The van der Waals surface area contributed by atoms with E-state index in [9.17, 15) is 14.9 Å². The second-order valence-corrected chi connectivity index (χ2v) is 16.2. The van der Waals surface area contributed by atoms with E-state index in [1.54, 1.807) is 26.1 Å². The molecule has 0 unspecified atom stereocenters. The van der Waals surface area contributed by atoms with E-state index in [1.165, 1.54) is 11.8 Å². The number of thioether (sulfide) groups is 1. The molecule has 10 nitrogen and oxygen atoms in total. The van der Waals surface area contributed by atoms with E-state index in [1.807, 2.05) is 74.4 Å². The number of aromatic nitrogens is 2. The zero-order valence-corrected chi connectivity index (χ0v) is 32.7. The van der Waals surface area contributed by atoms with Crippen LogP contribution in [0.15, 0.2) is 53.6 Å². The first-order valence-electron chi connectivity index (χ1n) is 18.3. The van der Waals surface area contributed by atoms with Gasteiger partial charge in [-0.15, -0.1) is 11.8 Å². The van der Waals surface area contributed by atoms with Gasteiger partial charge < -0.3 is 28.6 Å². The summed E-state index contributed by atoms with van der Waals surface area (Å²) < 4.78 is 36.9. The lowest BCUT2D eigenvalue weighted by atomic mass is 9.79. The smallest absolute Gasteiger partial charge is 0.410 e. The molecule has 2 bridgehead atoms. The van der Waals surface area contributed by atoms with E-state index in [0.29, 0.717) is 58.7 Å². The zero-order valence-electron chi connectivity index (χ0n) is 31.9. The van der Waals surface area contributed by atoms with Gasteiger partial charge >= 0.3 is 6.09 Å². The van der Waals surface area contributed by atoms with E-state index >= 15 is 4.39 Å². The Labute approximate surface area is 319 Å². The van der Waals surface area contributed by atoms with Crippen LogP contribution >= 0.6 is 11.8 Å². The third kappa shape index (κ3) is 6.73. The lowest BCUT2D eigenvalue weighted by Crippen LogP contribution is -2.44. The van der Waals surface area contributed by atoms with Gasteiger partial charge in [0.1, 0.15) is 21.9 Å². The summed E-state index contributed by atoms with van der Waals surface area (Å²) in [7, 11) is 5.04. The first kappa shape index (κ1) is 37.5. The molecule has 0 spiro atoms. The standard InChI is InChI=1S/C42H46FN5O5S/c1-42(2,3)53-41(50)47-22-26-19-33(47)38(26)48-27(14-15-34(49)46(4)5)20-32-39(48)31-18-25(12-10-16-44)35(36(43)37(31)45-40(32)54-7)30-21-28(52-23-51-6)17-24-11-8-9-13-29(24)30/h8-9,11,13,17-18,20-21,26,33,38H,10,12,14-15,19,22-23H2,1-7H3/t26-,33-,38+/m1/s1. The molecular weight excluding hydrogens is 706 g/mol. The van der Waals surface area contributed by atoms with Crippen molar-refractivity contribution in [1.29, 1.82) is 5.26 Å². The maximum atomic E-state index is 17.7. The maximum Gasteiger partial charge on any atom is 0.410 e. The number of nitriles is 1. The number of carbonyl (C=O) groups is 2. The summed E-state index contributed by atoms with van der Waals surface area (Å²) in [6.07, 6.45) is 3.68. The van der Waals surface area contributed by atoms with Crippen molar-refractivity contribution in [2.75, 3.05) is 40.8 Å². The Hall–Kier alpha value is -4.86. The number of hydrogen-bond acceptors (Lipinski definition) is 8. The topological polar surface area (TPSA) is 110 Å². The number of methoxy groups -OCH3 is 1. The minimum absolute atomic E-state index is 0.00486. The average Bonchev–Trinajstić information content (AvgIpc) is 3.84. The predicted molar refractivity (Wildman–Crippen MR) is 209 cm³/mol. The van der Waals surface area contributed by atoms with Gasteiger partial charge in [0.25, 0.3) is 0 Å². The molecule has 0 N–H and O–H groups in total. The number of rotatable bonds is 11. The zero-order chi connectivity index (χ0) is 38.5. The molecule has 2 amide bonds. The van der Waals surface area contributed by atoms with Crippen LogP contribution < -0.4 is 4.74 Å². The molecule has 2 aromatic heterocycles. The van der Waals surface area contributed by atoms with Gasteiger partial charge in [0.05, 0.1) is 23.7 Å². The molecule has 3 atom stereocenters. The Morgan fingerprint density at radius 2 is 1.87 bits per heavy atom. The molecule has 1 saturated carbocycles. The van der Waals surface area contributed by atoms with Crippen LogP contribution in [0, 0.1) is 23.1 Å². The van der Waals surface area contributed by atoms with Crippen LogP contribution in [0.2, 0.25) is 0 Å². The molecule has 3 aliphatic rings. The third-order valence-corrected chi connectivity index (χ3v) is 11.3. The summed E-state index contributed by atoms with van der Waals surface area (Å²) >= 11 is 1.45. The minimum atomic E-state index is -0.637. The first-order valence-corrected chi connectivity index (χ1v) is 19.5. The highest BCUT2D eigenvalue weighted by atomic mass is 32.2. The van der Waals surface area contributed by atoms with Crippen molar-refractivity contribution in [3.8, 4) is 22.9 Å². The lowest BCUT2D eigenvalue weighted by molar-refractivity contribution is -0.128. The highest BCUT2D eigenvalue weighted by molar-refractivity contribution is 7.98. The molecule has 1 aliphatic carbocycles. The second-order valence-electron chi connectivity index (χ2n) is 15.4. The fourth-order valence-corrected chi connectivity index (χ4v) is 8.75. The van der Waals surface area contributed by atoms with Crippen molar-refractivity contribution in [3.63, 3.8) is 0 Å². The summed E-state index contributed by atoms with van der Waals surface area (Å²) in [5.74, 6) is 0.219. The van der Waals surface area contributed by atoms with Gasteiger partial charge in [-0.25, -0.2) is 14.2 Å². The summed E-state index contributed by atoms with van der Waals surface area (Å²) in [6, 6.07) is 17.6. The Kier molecular flexibility index (Phi) is 10.2. The Bertz CT molecular complexity index is 2330. The molecule has 54 heavy (non-hydrogen) atoms. The van der Waals surface area contributed by atoms with Gasteiger partial charge in [0, 0.05) is 68.5 Å². The number of hydrogen-bond donors (Lipinski definition) is 0. The average molecular weight is 752 g/mol. The second kappa shape index (κ2) is 14.8. The summed E-state index contributed by atoms with van der Waals surface area (Å²) in [6.45, 7) is 6.18. The highest BCUT2D eigenvalue weighted by Crippen LogP contribution is 2.53. The normalized spacial score (nSPS) is 17.9. The van der Waals surface area contributed by atoms with Crippen LogP contribution in [0.25, 0.3) is 43.7 Å². The maximum absolute atomic E-state index is 17.7. The molecule has 8 rings (SSSR count). The number of ether oxygens (including phenoxy) is 3. The first-order chi connectivity index (χ1) is 25.8. The van der Waals surface area contributed by atoms with E-state index in [4.69, 9.17) is 19.2 Å². The minimum Gasteiger partial charge on any atom is -0.468 e. The molecule has 3 aromatic carbocycles. The highest BCUT2D eigenvalue weighted by Gasteiger charge is 2.56. The van der Waals surface area contributed by atoms with Crippen molar-refractivity contribution in [3.05, 3.63) is 65.6 Å². The van der Waals surface area contributed by atoms with Gasteiger partial charge in [-0.2, -0.15) is 5.26 Å². The lowest BCUT2D eigenvalue weighted by Gasteiger charge is -2.39. The Morgan fingerprint density at radius 1 is 1.09 bits per heavy atom. The third-order valence-electron chi connectivity index (χ3n) is 10.6. The van der Waals surface area contributed by atoms with Crippen molar-refractivity contribution >= 4 is 56.3 Å². The Balaban J connectivity index is 1.49. The van der Waals surface area contributed by atoms with Crippen molar-refractivity contribution in [2.24, 2.45) is 5.92 Å². The quantitative estimate of drug-likeness (QED) is 0.0977. The molecular formula is C42H46FN5O5S. The SMILES string of the molecule is COCOc1cc(-c2c(CCC#N)cc3c(nc(SC)c4cc(CCC(=O)N(C)C)n([C@H]5[C@@H]6C[C@H]5N(C(=O)OC(C)(C)C)C6)c43)c2F)c2ccccc2c1. The molecule has 2 aliphatic heterocycles. The number of fused-ring (bicyclic) bond motifs is 5. The number of halogens is 1. The van der Waals surface area contributed by atoms with Crippen molar-refractivity contribution in [2.45, 2.75) is 75.6 Å². The molecule has 4 heterocycles. The molecule has 3 fully saturated rings. The van der Waals surface area contributed by atoms with Crippen LogP contribution in [0.4, 0.5) is 9.18 Å². The van der Waals surface area contributed by atoms with Crippen LogP contribution in [0.1, 0.15) is 57.3 Å². The van der Waals surface area contributed by atoms with E-state index in [0.717, 1.165) is 33.8 Å². The summed E-state index contributed by atoms with van der Waals surface area (Å²) in [5, 5.41) is 13.7. The van der Waals surface area contributed by atoms with E-state index < -0.39 is 11.4 Å². The number of pyridine rings is 1. The van der Waals surface area contributed by atoms with Gasteiger partial charge in [-0.1, -0.05) is 24.3 Å². The number of carbonyl (C=O) groups excluding carboxylic acids is 2. The van der Waals surface area contributed by atoms with Gasteiger partial charge in [-0.3, -0.25) is 4.79 Å². The van der Waals surface area contributed by atoms with Gasteiger partial charge in [0.2, 0.25) is 5.91 Å². The van der Waals surface area contributed by atoms with E-state index in [2.05, 4.69) is 16.7 Å². The Morgan fingerprint density at radius 3 is 2.57 bits per heavy atom. The number of aryl methyl sites for hydroxylation is 2. The molecule has 0 radical (unpaired) electrons. The summed E-state index contributed by atoms with van der Waals surface area (Å²) in [5.41, 5.74) is 3.05. The number of amides is 2. The largest absolute Gasteiger partial charge is 0.468 e. The van der Waals surface area contributed by atoms with Crippen LogP contribution in [-0.4, -0.2) is 83.8 Å². The van der Waals surface area contributed by atoms with Crippen LogP contribution in [0.3, 0.4) is 0 Å². The van der Waals surface area contributed by atoms with Crippen LogP contribution in [-0.2, 0) is 27.1 Å². The fraction of sp³-hybridized carbons (Fsp3) is 0.429. The number of benzene rings is 3. The molecule has 2 saturated heterocycles. The van der Waals surface area contributed by atoms with Crippen molar-refractivity contribution in [1.82, 2.24) is 19.4 Å².